The van der Waals surface area contributed by atoms with Crippen molar-refractivity contribution in [2.75, 3.05) is 33.4 Å². The quantitative estimate of drug-likeness (QED) is 0.0317. The van der Waals surface area contributed by atoms with Crippen molar-refractivity contribution in [3.63, 3.8) is 0 Å². The molecule has 11 atom stereocenters. The first-order chi connectivity index (χ1) is 38.3. The molecule has 1 aromatic heterocycles. The molecule has 11 unspecified atom stereocenters. The number of phenolic OH excluding ortho intramolecular Hbond substituents is 1. The number of rotatable bonds is 14. The van der Waals surface area contributed by atoms with E-state index >= 15 is 0 Å². The van der Waals surface area contributed by atoms with Crippen molar-refractivity contribution in [1.29, 1.82) is 0 Å². The molecule has 29 nitrogen and oxygen atoms in total. The number of carbonyl (C=O) groups is 8. The molecular weight excluding hydrogens is 1110 g/mol. The predicted octanol–water partition coefficient (Wildman–Crippen LogP) is -6.97. The average molecular weight is 1170 g/mol. The van der Waals surface area contributed by atoms with E-state index in [4.69, 9.17) is 15.0 Å². The van der Waals surface area contributed by atoms with Crippen molar-refractivity contribution in [2.45, 2.75) is 99.7 Å². The molecule has 0 aliphatic carbocycles. The van der Waals surface area contributed by atoms with Crippen molar-refractivity contribution < 1.29 is 125 Å². The second-order valence-electron chi connectivity index (χ2n) is 19.7. The Morgan fingerprint density at radius 2 is 1.55 bits per heavy atom. The largest absolute Gasteiger partial charge is 1.00 e. The zero-order valence-corrected chi connectivity index (χ0v) is 47.2. The molecule has 0 spiro atoms. The summed E-state index contributed by atoms with van der Waals surface area (Å²) < 4.78 is 49.2. The summed E-state index contributed by atoms with van der Waals surface area (Å²) in [4.78, 5) is 114. The van der Waals surface area contributed by atoms with Gasteiger partial charge < -0.3 is 90.8 Å². The third-order valence-electron chi connectivity index (χ3n) is 13.9. The predicted molar refractivity (Wildman–Crippen MR) is 275 cm³/mol. The normalized spacial score (nSPS) is 24.9. The zero-order valence-electron chi connectivity index (χ0n) is 44.4. The molecule has 436 valence electrons. The molecule has 7 rings (SSSR count). The number of nitrogens with one attached hydrogen (secondary N) is 5. The van der Waals surface area contributed by atoms with Crippen LogP contribution in [0.25, 0.3) is 22.6 Å². The van der Waals surface area contributed by atoms with Crippen LogP contribution in [-0.2, 0) is 50.4 Å². The van der Waals surface area contributed by atoms with Gasteiger partial charge in [0, 0.05) is 61.2 Å². The number of hydrogen-bond donors (Lipinski definition) is 12. The van der Waals surface area contributed by atoms with E-state index in [1.165, 1.54) is 26.2 Å². The topological polar surface area (TPSA) is 452 Å². The van der Waals surface area contributed by atoms with Crippen LogP contribution in [0.3, 0.4) is 0 Å². The van der Waals surface area contributed by atoms with E-state index < -0.39 is 175 Å². The van der Waals surface area contributed by atoms with Crippen LogP contribution in [0.2, 0.25) is 0 Å². The number of benzene rings is 3. The fourth-order valence-electron chi connectivity index (χ4n) is 9.63. The van der Waals surface area contributed by atoms with Gasteiger partial charge in [0.2, 0.25) is 41.4 Å². The van der Waals surface area contributed by atoms with Gasteiger partial charge in [0.15, 0.2) is 17.3 Å². The first-order valence-electron chi connectivity index (χ1n) is 25.3. The molecule has 3 aromatic carbocycles. The number of aromatic hydroxyl groups is 1. The number of aromatic nitrogens is 1. The number of hydrogen-bond acceptors (Lipinski definition) is 21. The van der Waals surface area contributed by atoms with Gasteiger partial charge in [0.05, 0.1) is 44.6 Å². The summed E-state index contributed by atoms with van der Waals surface area (Å²) in [6, 6.07) is 6.07. The molecule has 3 aliphatic rings. The third kappa shape index (κ3) is 15.6. The number of methoxy groups -OCH3 is 1. The maximum Gasteiger partial charge on any atom is 1.00 e. The van der Waals surface area contributed by atoms with Gasteiger partial charge in [-0.25, -0.2) is 8.42 Å². The first-order valence-corrected chi connectivity index (χ1v) is 26.6. The molecule has 3 aliphatic heterocycles. The molecule has 4 heterocycles. The number of aliphatic hydroxyl groups excluding tert-OH is 5. The van der Waals surface area contributed by atoms with Gasteiger partial charge in [0.25, 0.3) is 16.3 Å². The summed E-state index contributed by atoms with van der Waals surface area (Å²) in [5.41, 5.74) is 6.88. The maximum absolute atomic E-state index is 14.6. The SMILES string of the molecule is COc1ccc(-c2cc(-c3ccc(C(=O)NC4CC(O)CNC(=O)C5C(O)C(C)CN5C(=O)C(C(O)CC(N)=O)NC(=O)C(C(O)Cc5ccc(O)c(OS(=O)(=O)[O-])c5)NC(=O)C5CCCN5C(=O)C(CO)NC4=O)cc3)no2)cc1.[Na+]. The summed E-state index contributed by atoms with van der Waals surface area (Å²) >= 11 is 0. The molecule has 0 bridgehead atoms. The Labute approximate surface area is 490 Å². The number of nitrogens with zero attached hydrogens (tertiary/aromatic N) is 3. The van der Waals surface area contributed by atoms with Crippen LogP contribution >= 0.6 is 0 Å². The van der Waals surface area contributed by atoms with Crippen LogP contribution in [0.15, 0.2) is 77.3 Å². The molecule has 31 heteroatoms. The minimum atomic E-state index is -5.46. The first kappa shape index (κ1) is 63.9. The van der Waals surface area contributed by atoms with Crippen LogP contribution in [-0.4, -0.2) is 200 Å². The van der Waals surface area contributed by atoms with E-state index in [2.05, 4.69) is 35.9 Å². The smallest absolute Gasteiger partial charge is 0.716 e. The van der Waals surface area contributed by atoms with E-state index in [0.717, 1.165) is 28.0 Å². The number of carbonyl (C=O) groups excluding carboxylic acids is 8. The molecule has 4 aromatic rings. The third-order valence-corrected chi connectivity index (χ3v) is 14.3. The number of primary amides is 1. The molecule has 82 heavy (non-hydrogen) atoms. The summed E-state index contributed by atoms with van der Waals surface area (Å²) in [6.45, 7) is -0.942. The Morgan fingerprint density at radius 3 is 2.20 bits per heavy atom. The van der Waals surface area contributed by atoms with Gasteiger partial charge in [0.1, 0.15) is 47.7 Å². The van der Waals surface area contributed by atoms with Crippen LogP contribution in [0.1, 0.15) is 48.5 Å². The van der Waals surface area contributed by atoms with Crippen molar-refractivity contribution in [3.05, 3.63) is 83.9 Å². The van der Waals surface area contributed by atoms with Crippen LogP contribution in [0, 0.1) is 5.92 Å². The number of phenols is 1. The monoisotopic (exact) mass is 1170 g/mol. The number of aliphatic hydroxyl groups is 5. The Morgan fingerprint density at radius 1 is 0.878 bits per heavy atom. The van der Waals surface area contributed by atoms with E-state index in [9.17, 15) is 82.0 Å². The molecule has 0 saturated carbocycles. The van der Waals surface area contributed by atoms with Crippen LogP contribution < -0.4 is 70.8 Å². The van der Waals surface area contributed by atoms with Gasteiger partial charge in [-0.1, -0.05) is 30.3 Å². The number of amides is 8. The minimum absolute atomic E-state index is 0. The fraction of sp³-hybridized carbons (Fsp3) is 0.431. The minimum Gasteiger partial charge on any atom is -0.716 e. The number of nitrogens with two attached hydrogens (primary N) is 1. The number of β-amino-alcohol motifs (C(OH)–C–C–N with tert-alkyl or cyclic N) is 1. The Kier molecular flexibility index (Phi) is 21.6. The Balaban J connectivity index is 0.0000108. The van der Waals surface area contributed by atoms with E-state index in [1.54, 1.807) is 42.5 Å². The molecule has 0 radical (unpaired) electrons. The van der Waals surface area contributed by atoms with Gasteiger partial charge in [-0.2, -0.15) is 0 Å². The average Bonchev–Trinajstić information content (AvgIpc) is 4.08. The summed E-state index contributed by atoms with van der Waals surface area (Å²) in [6.07, 6.45) is -10.1. The van der Waals surface area contributed by atoms with Gasteiger partial charge in [-0.15, -0.1) is 0 Å². The van der Waals surface area contributed by atoms with Crippen molar-refractivity contribution in [3.8, 4) is 39.8 Å². The van der Waals surface area contributed by atoms with Crippen molar-refractivity contribution in [1.82, 2.24) is 41.5 Å². The Bertz CT molecular complexity index is 3120. The molecule has 8 amide bonds. The summed E-state index contributed by atoms with van der Waals surface area (Å²) in [5.74, 6) is -10.8. The van der Waals surface area contributed by atoms with Gasteiger partial charge >= 0.3 is 29.6 Å². The molecule has 3 fully saturated rings. The van der Waals surface area contributed by atoms with E-state index in [1.807, 2.05) is 0 Å². The number of fused-ring (bicyclic) bond motifs is 2. The van der Waals surface area contributed by atoms with E-state index in [-0.39, 0.29) is 60.1 Å². The Hall–Kier alpha value is -7.26. The molecule has 3 saturated heterocycles. The summed E-state index contributed by atoms with van der Waals surface area (Å²) in [5, 5.41) is 82.3. The molecule has 13 N–H and O–H groups in total. The van der Waals surface area contributed by atoms with Gasteiger partial charge in [-0.05, 0) is 66.9 Å². The maximum atomic E-state index is 14.6. The second-order valence-corrected chi connectivity index (χ2v) is 20.6. The zero-order chi connectivity index (χ0) is 59.0. The van der Waals surface area contributed by atoms with Crippen LogP contribution in [0.5, 0.6) is 17.2 Å². The second kappa shape index (κ2) is 27.7. The fourth-order valence-corrected chi connectivity index (χ4v) is 9.99. The van der Waals surface area contributed by atoms with Crippen molar-refractivity contribution in [2.24, 2.45) is 11.7 Å². The summed E-state index contributed by atoms with van der Waals surface area (Å²) in [7, 11) is -3.93. The number of ether oxygens (including phenoxy) is 1. The standard InChI is InChI=1S/C51H61N9O20S.Na/c1-24-22-60-43(44(24)67)49(72)53-21-29(62)18-32(54-45(68)28-8-6-26(7-9-28)31-19-38(79-58-31)27-10-12-30(78-2)13-11-27)46(69)55-33(23-61)50(73)59-15-3-4-34(59)47(70)56-41(48(71)57-42(51(60)74)37(65)20-40(52)66)36(64)16-25-5-14-35(63)39(17-25)80-81(75,76)77;/h5-14,17,19,24,29,32-34,36-37,41-44,61-65,67H,3-4,15-16,18,20-23H2,1-2H3,(H2,52,66)(H,53,72)(H,54,68)(H,55,69)(H,56,70)(H,57,71)(H,75,76,77);/q;+1/p-1. The molecular formula is C51H60N9NaO20S. The van der Waals surface area contributed by atoms with E-state index in [0.29, 0.717) is 28.3 Å². The van der Waals surface area contributed by atoms with Crippen molar-refractivity contribution >= 4 is 57.7 Å². The van der Waals surface area contributed by atoms with Gasteiger partial charge in [-0.3, -0.25) is 38.4 Å². The van der Waals surface area contributed by atoms with Crippen LogP contribution in [0.4, 0.5) is 0 Å².